The second-order valence-corrected chi connectivity index (χ2v) is 4.75. The Hall–Kier alpha value is -1.64. The summed E-state index contributed by atoms with van der Waals surface area (Å²) in [5, 5.41) is 4.33. The third-order valence-corrected chi connectivity index (χ3v) is 3.09. The highest BCUT2D eigenvalue weighted by molar-refractivity contribution is 6.31. The Morgan fingerprint density at radius 2 is 1.79 bits per heavy atom. The van der Waals surface area contributed by atoms with E-state index in [2.05, 4.69) is 11.9 Å². The molecule has 1 N–H and O–H groups in total. The molecule has 2 aromatic rings. The molecule has 98 valence electrons. The maximum Gasteiger partial charge on any atom is 0.138 e. The van der Waals surface area contributed by atoms with Crippen molar-refractivity contribution in [3.05, 3.63) is 58.6 Å². The van der Waals surface area contributed by atoms with E-state index in [1.165, 1.54) is 0 Å². The van der Waals surface area contributed by atoms with Crippen molar-refractivity contribution in [2.24, 2.45) is 0 Å². The molecule has 0 aliphatic heterocycles. The minimum Gasteiger partial charge on any atom is -0.457 e. The summed E-state index contributed by atoms with van der Waals surface area (Å²) in [6.07, 6.45) is 1.73. The van der Waals surface area contributed by atoms with Gasteiger partial charge in [-0.3, -0.25) is 0 Å². The van der Waals surface area contributed by atoms with E-state index in [-0.39, 0.29) is 0 Å². The first-order valence-corrected chi connectivity index (χ1v) is 6.47. The van der Waals surface area contributed by atoms with Crippen LogP contribution in [0.3, 0.4) is 0 Å². The molecule has 0 amide bonds. The lowest BCUT2D eigenvalue weighted by atomic mass is 10.1. The molecule has 2 aromatic carbocycles. The van der Waals surface area contributed by atoms with Gasteiger partial charge in [-0.25, -0.2) is 0 Å². The van der Waals surface area contributed by atoms with E-state index in [1.807, 2.05) is 13.1 Å². The van der Waals surface area contributed by atoms with E-state index in [1.54, 1.807) is 36.4 Å². The van der Waals surface area contributed by atoms with Crippen molar-refractivity contribution >= 4 is 35.0 Å². The van der Waals surface area contributed by atoms with Crippen LogP contribution >= 0.6 is 23.2 Å². The normalized spacial score (nSPS) is 10.1. The Balaban J connectivity index is 2.41. The molecule has 0 radical (unpaired) electrons. The largest absolute Gasteiger partial charge is 0.457 e. The lowest BCUT2D eigenvalue weighted by Gasteiger charge is -2.13. The van der Waals surface area contributed by atoms with Crippen LogP contribution in [-0.2, 0) is 0 Å². The minimum absolute atomic E-state index is 0.596. The first-order valence-electron chi connectivity index (χ1n) is 5.71. The summed E-state index contributed by atoms with van der Waals surface area (Å²) in [5.74, 6) is 1.34. The lowest BCUT2D eigenvalue weighted by Crippen LogP contribution is -1.95. The van der Waals surface area contributed by atoms with Crippen molar-refractivity contribution in [1.29, 1.82) is 0 Å². The molecule has 0 bridgehead atoms. The second kappa shape index (κ2) is 6.00. The van der Waals surface area contributed by atoms with Gasteiger partial charge in [0.2, 0.25) is 0 Å². The summed E-state index contributed by atoms with van der Waals surface area (Å²) in [7, 11) is 1.82. The molecule has 2 rings (SSSR count). The number of hydrogen-bond donors (Lipinski definition) is 1. The Morgan fingerprint density at radius 3 is 2.37 bits per heavy atom. The summed E-state index contributed by atoms with van der Waals surface area (Å²) in [4.78, 5) is 0. The molecule has 19 heavy (non-hydrogen) atoms. The van der Waals surface area contributed by atoms with Crippen LogP contribution in [0.25, 0.3) is 6.08 Å². The summed E-state index contributed by atoms with van der Waals surface area (Å²) in [6.45, 7) is 3.80. The average molecular weight is 294 g/mol. The van der Waals surface area contributed by atoms with Crippen LogP contribution in [0, 0.1) is 0 Å². The van der Waals surface area contributed by atoms with Gasteiger partial charge in [0.25, 0.3) is 0 Å². The quantitative estimate of drug-likeness (QED) is 0.807. The maximum absolute atomic E-state index is 6.07. The zero-order chi connectivity index (χ0) is 13.8. The third kappa shape index (κ3) is 3.22. The number of nitrogens with one attached hydrogen (secondary N) is 1. The molecule has 0 heterocycles. The van der Waals surface area contributed by atoms with Crippen LogP contribution in [0.1, 0.15) is 5.56 Å². The van der Waals surface area contributed by atoms with E-state index < -0.39 is 0 Å². The molecular formula is C15H13Cl2NO. The smallest absolute Gasteiger partial charge is 0.138 e. The van der Waals surface area contributed by atoms with Crippen molar-refractivity contribution in [3.8, 4) is 11.5 Å². The molecular weight excluding hydrogens is 281 g/mol. The van der Waals surface area contributed by atoms with Crippen LogP contribution in [-0.4, -0.2) is 7.05 Å². The monoisotopic (exact) mass is 293 g/mol. The van der Waals surface area contributed by atoms with Crippen molar-refractivity contribution < 1.29 is 4.74 Å². The van der Waals surface area contributed by atoms with Crippen molar-refractivity contribution in [2.45, 2.75) is 0 Å². The molecule has 4 heteroatoms. The molecule has 0 saturated carbocycles. The summed E-state index contributed by atoms with van der Waals surface area (Å²) in [6, 6.07) is 10.7. The summed E-state index contributed by atoms with van der Waals surface area (Å²) < 4.78 is 5.82. The SMILES string of the molecule is C=Cc1c(NC)cc(Cl)cc1Oc1ccc(Cl)cc1. The number of hydrogen-bond acceptors (Lipinski definition) is 2. The molecule has 0 fully saturated rings. The van der Waals surface area contributed by atoms with Crippen molar-refractivity contribution in [3.63, 3.8) is 0 Å². The van der Waals surface area contributed by atoms with Gasteiger partial charge >= 0.3 is 0 Å². The average Bonchev–Trinajstić information content (AvgIpc) is 2.40. The van der Waals surface area contributed by atoms with E-state index in [9.17, 15) is 0 Å². The highest BCUT2D eigenvalue weighted by Gasteiger charge is 2.09. The first-order chi connectivity index (χ1) is 9.13. The highest BCUT2D eigenvalue weighted by Crippen LogP contribution is 2.35. The van der Waals surface area contributed by atoms with Crippen molar-refractivity contribution in [1.82, 2.24) is 0 Å². The van der Waals surface area contributed by atoms with Gasteiger partial charge in [0.05, 0.1) is 0 Å². The number of anilines is 1. The highest BCUT2D eigenvalue weighted by atomic mass is 35.5. The number of benzene rings is 2. The molecule has 0 unspecified atom stereocenters. The van der Waals surface area contributed by atoms with Crippen LogP contribution in [0.2, 0.25) is 10.0 Å². The standard InChI is InChI=1S/C15H13Cl2NO/c1-3-13-14(18-2)8-11(17)9-15(13)19-12-6-4-10(16)5-7-12/h3-9,18H,1H2,2H3. The van der Waals surface area contributed by atoms with Gasteiger partial charge in [0.1, 0.15) is 11.5 Å². The Labute approximate surface area is 122 Å². The van der Waals surface area contributed by atoms with E-state index >= 15 is 0 Å². The van der Waals surface area contributed by atoms with E-state index in [0.29, 0.717) is 21.5 Å². The Morgan fingerprint density at radius 1 is 1.11 bits per heavy atom. The van der Waals surface area contributed by atoms with E-state index in [0.717, 1.165) is 11.3 Å². The molecule has 0 aromatic heterocycles. The third-order valence-electron chi connectivity index (χ3n) is 2.62. The fourth-order valence-corrected chi connectivity index (χ4v) is 2.06. The van der Waals surface area contributed by atoms with Gasteiger partial charge in [0, 0.05) is 34.4 Å². The first kappa shape index (κ1) is 13.8. The van der Waals surface area contributed by atoms with Crippen molar-refractivity contribution in [2.75, 3.05) is 12.4 Å². The van der Waals surface area contributed by atoms with E-state index in [4.69, 9.17) is 27.9 Å². The van der Waals surface area contributed by atoms with Gasteiger partial charge in [-0.2, -0.15) is 0 Å². The maximum atomic E-state index is 6.07. The lowest BCUT2D eigenvalue weighted by molar-refractivity contribution is 0.482. The second-order valence-electron chi connectivity index (χ2n) is 3.88. The zero-order valence-corrected chi connectivity index (χ0v) is 11.9. The molecule has 0 atom stereocenters. The van der Waals surface area contributed by atoms with Crippen LogP contribution in [0.4, 0.5) is 5.69 Å². The minimum atomic E-state index is 0.596. The predicted molar refractivity (Wildman–Crippen MR) is 82.6 cm³/mol. The molecule has 0 aliphatic rings. The number of ether oxygens (including phenoxy) is 1. The van der Waals surface area contributed by atoms with Gasteiger partial charge in [-0.1, -0.05) is 35.9 Å². The predicted octanol–water partition coefficient (Wildman–Crippen LogP) is 5.47. The fourth-order valence-electron chi connectivity index (χ4n) is 1.72. The summed E-state index contributed by atoms with van der Waals surface area (Å²) in [5.41, 5.74) is 1.73. The topological polar surface area (TPSA) is 21.3 Å². The molecule has 0 aliphatic carbocycles. The summed E-state index contributed by atoms with van der Waals surface area (Å²) >= 11 is 11.9. The van der Waals surface area contributed by atoms with Gasteiger partial charge in [0.15, 0.2) is 0 Å². The Bertz CT molecular complexity index is 594. The molecule has 0 saturated heterocycles. The Kier molecular flexibility index (Phi) is 4.35. The number of rotatable bonds is 4. The molecule has 2 nitrogen and oxygen atoms in total. The van der Waals surface area contributed by atoms with Gasteiger partial charge in [-0.05, 0) is 30.3 Å². The number of halogens is 2. The zero-order valence-electron chi connectivity index (χ0n) is 10.4. The van der Waals surface area contributed by atoms with Gasteiger partial charge in [-0.15, -0.1) is 0 Å². The van der Waals surface area contributed by atoms with Crippen LogP contribution in [0.5, 0.6) is 11.5 Å². The molecule has 0 spiro atoms. The van der Waals surface area contributed by atoms with Gasteiger partial charge < -0.3 is 10.1 Å². The van der Waals surface area contributed by atoms with Crippen LogP contribution in [0.15, 0.2) is 43.0 Å². The van der Waals surface area contributed by atoms with Crippen LogP contribution < -0.4 is 10.1 Å². The fraction of sp³-hybridized carbons (Fsp3) is 0.0667.